The zero-order valence-electron chi connectivity index (χ0n) is 14.7. The molecule has 4 nitrogen and oxygen atoms in total. The maximum absolute atomic E-state index is 12.7. The number of rotatable bonds is 6. The van der Waals surface area contributed by atoms with Crippen LogP contribution >= 0.6 is 11.8 Å². The number of nitrogens with zero attached hydrogens (tertiary/aromatic N) is 2. The Morgan fingerprint density at radius 2 is 1.67 bits per heavy atom. The second-order valence-electron chi connectivity index (χ2n) is 5.96. The average Bonchev–Trinajstić information content (AvgIpc) is 2.60. The van der Waals surface area contributed by atoms with Gasteiger partial charge in [0, 0.05) is 24.2 Å². The van der Waals surface area contributed by atoms with Gasteiger partial charge in [0.05, 0.1) is 6.04 Å². The van der Waals surface area contributed by atoms with E-state index in [9.17, 15) is 4.79 Å². The van der Waals surface area contributed by atoms with Gasteiger partial charge >= 0.3 is 6.03 Å². The van der Waals surface area contributed by atoms with Gasteiger partial charge in [-0.1, -0.05) is 30.3 Å². The van der Waals surface area contributed by atoms with Crippen molar-refractivity contribution >= 4 is 23.5 Å². The predicted octanol–water partition coefficient (Wildman–Crippen LogP) is 4.18. The number of amides is 2. The van der Waals surface area contributed by atoms with Gasteiger partial charge in [-0.15, -0.1) is 11.8 Å². The molecule has 0 radical (unpaired) electrons. The molecule has 0 aromatic heterocycles. The minimum Gasteiger partial charge on any atom is -0.319 e. The lowest BCUT2D eigenvalue weighted by atomic mass is 10.1. The minimum atomic E-state index is -0.109. The van der Waals surface area contributed by atoms with E-state index in [4.69, 9.17) is 0 Å². The van der Waals surface area contributed by atoms with E-state index in [1.165, 1.54) is 4.90 Å². The van der Waals surface area contributed by atoms with Crippen molar-refractivity contribution in [3.05, 3.63) is 60.2 Å². The standard InChI is InChI=1S/C19H25N3OS/c1-21(2)14-18(15-8-6-5-7-9-15)22(3)19(23)20-16-10-12-17(24-4)13-11-16/h5-13,18H,14H2,1-4H3,(H,20,23)/t18-/m0/s1. The van der Waals surface area contributed by atoms with Crippen molar-refractivity contribution < 1.29 is 4.79 Å². The highest BCUT2D eigenvalue weighted by Crippen LogP contribution is 2.22. The van der Waals surface area contributed by atoms with Crippen LogP contribution in [-0.4, -0.2) is 49.8 Å². The maximum Gasteiger partial charge on any atom is 0.322 e. The summed E-state index contributed by atoms with van der Waals surface area (Å²) < 4.78 is 0. The van der Waals surface area contributed by atoms with Crippen LogP contribution in [0.4, 0.5) is 10.5 Å². The molecule has 0 heterocycles. The fraction of sp³-hybridized carbons (Fsp3) is 0.316. The summed E-state index contributed by atoms with van der Waals surface area (Å²) in [6.45, 7) is 0.763. The van der Waals surface area contributed by atoms with E-state index in [1.807, 2.05) is 69.9 Å². The van der Waals surface area contributed by atoms with Crippen LogP contribution in [0.5, 0.6) is 0 Å². The third kappa shape index (κ3) is 5.01. The van der Waals surface area contributed by atoms with Crippen LogP contribution < -0.4 is 5.32 Å². The van der Waals surface area contributed by atoms with Crippen LogP contribution in [0.15, 0.2) is 59.5 Å². The second kappa shape index (κ2) is 8.76. The quantitative estimate of drug-likeness (QED) is 0.800. The Kier molecular flexibility index (Phi) is 6.70. The number of carbonyl (C=O) groups is 1. The number of nitrogens with one attached hydrogen (secondary N) is 1. The zero-order chi connectivity index (χ0) is 17.5. The van der Waals surface area contributed by atoms with E-state index in [0.717, 1.165) is 17.8 Å². The molecule has 5 heteroatoms. The van der Waals surface area contributed by atoms with Gasteiger partial charge in [0.25, 0.3) is 0 Å². The lowest BCUT2D eigenvalue weighted by Crippen LogP contribution is -2.39. The van der Waals surface area contributed by atoms with Gasteiger partial charge in [-0.3, -0.25) is 0 Å². The molecule has 128 valence electrons. The first-order valence-corrected chi connectivity index (χ1v) is 9.11. The van der Waals surface area contributed by atoms with Crippen molar-refractivity contribution in [3.63, 3.8) is 0 Å². The van der Waals surface area contributed by atoms with Crippen molar-refractivity contribution in [2.75, 3.05) is 39.3 Å². The number of hydrogen-bond acceptors (Lipinski definition) is 3. The van der Waals surface area contributed by atoms with Crippen LogP contribution in [0, 0.1) is 0 Å². The highest BCUT2D eigenvalue weighted by atomic mass is 32.2. The topological polar surface area (TPSA) is 35.6 Å². The summed E-state index contributed by atoms with van der Waals surface area (Å²) in [5.74, 6) is 0. The second-order valence-corrected chi connectivity index (χ2v) is 6.84. The Labute approximate surface area is 148 Å². The summed E-state index contributed by atoms with van der Waals surface area (Å²) in [6, 6.07) is 17.9. The predicted molar refractivity (Wildman–Crippen MR) is 103 cm³/mol. The van der Waals surface area contributed by atoms with Crippen LogP contribution in [-0.2, 0) is 0 Å². The summed E-state index contributed by atoms with van der Waals surface area (Å²) in [6.07, 6.45) is 2.03. The SMILES string of the molecule is CSc1ccc(NC(=O)N(C)[C@@H](CN(C)C)c2ccccc2)cc1. The molecule has 1 N–H and O–H groups in total. The first-order valence-electron chi connectivity index (χ1n) is 7.89. The first-order chi connectivity index (χ1) is 11.5. The highest BCUT2D eigenvalue weighted by molar-refractivity contribution is 7.98. The van der Waals surface area contributed by atoms with E-state index < -0.39 is 0 Å². The van der Waals surface area contributed by atoms with Gasteiger partial charge in [-0.2, -0.15) is 0 Å². The summed E-state index contributed by atoms with van der Waals surface area (Å²) >= 11 is 1.68. The summed E-state index contributed by atoms with van der Waals surface area (Å²) in [5, 5.41) is 2.98. The van der Waals surface area contributed by atoms with Crippen LogP contribution in [0.3, 0.4) is 0 Å². The molecule has 2 rings (SSSR count). The third-order valence-corrected chi connectivity index (χ3v) is 4.60. The first kappa shape index (κ1) is 18.4. The molecular formula is C19H25N3OS. The number of urea groups is 1. The molecule has 0 saturated heterocycles. The molecule has 0 saturated carbocycles. The van der Waals surface area contributed by atoms with Gasteiger partial charge < -0.3 is 15.1 Å². The Hall–Kier alpha value is -1.98. The van der Waals surface area contributed by atoms with Crippen LogP contribution in [0.2, 0.25) is 0 Å². The smallest absolute Gasteiger partial charge is 0.319 e. The Morgan fingerprint density at radius 3 is 2.21 bits per heavy atom. The van der Waals surface area contributed by atoms with Crippen molar-refractivity contribution in [2.45, 2.75) is 10.9 Å². The largest absolute Gasteiger partial charge is 0.322 e. The number of thioether (sulfide) groups is 1. The lowest BCUT2D eigenvalue weighted by molar-refractivity contribution is 0.188. The van der Waals surface area contributed by atoms with E-state index in [-0.39, 0.29) is 12.1 Å². The van der Waals surface area contributed by atoms with E-state index in [2.05, 4.69) is 22.3 Å². The monoisotopic (exact) mass is 343 g/mol. The molecule has 0 aliphatic carbocycles. The zero-order valence-corrected chi connectivity index (χ0v) is 15.5. The van der Waals surface area contributed by atoms with Crippen molar-refractivity contribution in [2.24, 2.45) is 0 Å². The minimum absolute atomic E-state index is 0.00771. The number of anilines is 1. The third-order valence-electron chi connectivity index (χ3n) is 3.85. The van der Waals surface area contributed by atoms with Crippen LogP contribution in [0.25, 0.3) is 0 Å². The van der Waals surface area contributed by atoms with Crippen molar-refractivity contribution in [1.29, 1.82) is 0 Å². The summed E-state index contributed by atoms with van der Waals surface area (Å²) in [5.41, 5.74) is 1.93. The fourth-order valence-electron chi connectivity index (χ4n) is 2.50. The fourth-order valence-corrected chi connectivity index (χ4v) is 2.91. The summed E-state index contributed by atoms with van der Waals surface area (Å²) in [7, 11) is 5.87. The van der Waals surface area contributed by atoms with Gasteiger partial charge in [0.1, 0.15) is 0 Å². The molecule has 0 unspecified atom stereocenters. The molecule has 0 spiro atoms. The number of hydrogen-bond donors (Lipinski definition) is 1. The Bertz CT molecular complexity index is 643. The number of carbonyl (C=O) groups excluding carboxylic acids is 1. The van der Waals surface area contributed by atoms with E-state index >= 15 is 0 Å². The molecule has 24 heavy (non-hydrogen) atoms. The highest BCUT2D eigenvalue weighted by Gasteiger charge is 2.22. The molecule has 0 fully saturated rings. The molecule has 2 aromatic carbocycles. The number of likely N-dealkylation sites (N-methyl/N-ethyl adjacent to an activating group) is 2. The van der Waals surface area contributed by atoms with Gasteiger partial charge in [0.2, 0.25) is 0 Å². The molecular weight excluding hydrogens is 318 g/mol. The Balaban J connectivity index is 2.12. The maximum atomic E-state index is 12.7. The lowest BCUT2D eigenvalue weighted by Gasteiger charge is -2.31. The van der Waals surface area contributed by atoms with Crippen molar-refractivity contribution in [1.82, 2.24) is 9.80 Å². The Morgan fingerprint density at radius 1 is 1.04 bits per heavy atom. The van der Waals surface area contributed by atoms with Crippen LogP contribution in [0.1, 0.15) is 11.6 Å². The van der Waals surface area contributed by atoms with Crippen molar-refractivity contribution in [3.8, 4) is 0 Å². The van der Waals surface area contributed by atoms with E-state index in [1.54, 1.807) is 16.7 Å². The normalized spacial score (nSPS) is 12.0. The molecule has 0 aliphatic heterocycles. The number of benzene rings is 2. The average molecular weight is 343 g/mol. The molecule has 2 amide bonds. The summed E-state index contributed by atoms with van der Waals surface area (Å²) in [4.78, 5) is 17.7. The molecule has 2 aromatic rings. The van der Waals surface area contributed by atoms with E-state index in [0.29, 0.717) is 0 Å². The molecule has 0 bridgehead atoms. The van der Waals surface area contributed by atoms with Gasteiger partial charge in [0.15, 0.2) is 0 Å². The molecule has 1 atom stereocenters. The van der Waals surface area contributed by atoms with Gasteiger partial charge in [-0.05, 0) is 50.2 Å². The molecule has 0 aliphatic rings. The van der Waals surface area contributed by atoms with Gasteiger partial charge in [-0.25, -0.2) is 4.79 Å².